The normalized spacial score (nSPS) is 12.5. The second-order valence-electron chi connectivity index (χ2n) is 23.8. The van der Waals surface area contributed by atoms with Crippen LogP contribution in [-0.2, 0) is 28.6 Å². The molecule has 0 N–H and O–H groups in total. The summed E-state index contributed by atoms with van der Waals surface area (Å²) in [5.74, 6) is -0.861. The van der Waals surface area contributed by atoms with Crippen LogP contribution in [0.25, 0.3) is 0 Å². The van der Waals surface area contributed by atoms with E-state index in [1.807, 2.05) is 0 Å². The largest absolute Gasteiger partial charge is 0.462 e. The standard InChI is InChI=1S/C75H134O6/c1-4-7-10-13-16-19-22-25-27-29-31-33-34-35-36-37-38-39-40-42-43-45-47-50-53-56-59-62-65-68-74(77)80-71-72(70-79-73(76)67-64-61-58-55-52-49-24-21-18-15-12-9-6-3)81-75(78)69-66-63-60-57-54-51-48-46-44-41-32-30-28-26-23-20-17-14-11-8-5-2/h7,10,16,19,21,24-25,27,31,33,35-36,72H,4-6,8-9,11-15,17-18,20,22-23,26,28-30,32,34,37-71H2,1-3H3/b10-7-,19-16-,24-21-,27-25-,33-31-,36-35-. The van der Waals surface area contributed by atoms with Crippen LogP contribution in [0.3, 0.4) is 0 Å². The molecule has 0 radical (unpaired) electrons. The van der Waals surface area contributed by atoms with Gasteiger partial charge in [-0.1, -0.05) is 331 Å². The molecular formula is C75H134O6. The van der Waals surface area contributed by atoms with Gasteiger partial charge in [-0.05, 0) is 89.9 Å². The fourth-order valence-corrected chi connectivity index (χ4v) is 10.4. The molecule has 0 aromatic rings. The van der Waals surface area contributed by atoms with E-state index in [0.717, 1.165) is 96.3 Å². The van der Waals surface area contributed by atoms with Crippen LogP contribution in [0.4, 0.5) is 0 Å². The first-order valence-corrected chi connectivity index (χ1v) is 35.4. The molecule has 0 bridgehead atoms. The summed E-state index contributed by atoms with van der Waals surface area (Å²) in [7, 11) is 0. The molecule has 81 heavy (non-hydrogen) atoms. The smallest absolute Gasteiger partial charge is 0.306 e. The third-order valence-electron chi connectivity index (χ3n) is 15.7. The lowest BCUT2D eigenvalue weighted by molar-refractivity contribution is -0.167. The van der Waals surface area contributed by atoms with Gasteiger partial charge in [-0.3, -0.25) is 14.4 Å². The lowest BCUT2D eigenvalue weighted by Gasteiger charge is -2.18. The van der Waals surface area contributed by atoms with Crippen LogP contribution in [0, 0.1) is 0 Å². The van der Waals surface area contributed by atoms with Crippen LogP contribution in [0.1, 0.15) is 367 Å². The molecule has 0 fully saturated rings. The van der Waals surface area contributed by atoms with Crippen molar-refractivity contribution in [2.45, 2.75) is 374 Å². The van der Waals surface area contributed by atoms with Crippen molar-refractivity contribution >= 4 is 17.9 Å². The molecule has 0 spiro atoms. The molecule has 0 heterocycles. The van der Waals surface area contributed by atoms with Crippen molar-refractivity contribution in [2.24, 2.45) is 0 Å². The summed E-state index contributed by atoms with van der Waals surface area (Å²) in [5.41, 5.74) is 0. The number of rotatable bonds is 65. The minimum Gasteiger partial charge on any atom is -0.462 e. The highest BCUT2D eigenvalue weighted by atomic mass is 16.6. The molecule has 0 aromatic carbocycles. The minimum absolute atomic E-state index is 0.0740. The quantitative estimate of drug-likeness (QED) is 0.0261. The summed E-state index contributed by atoms with van der Waals surface area (Å²) in [6.07, 6.45) is 90.7. The lowest BCUT2D eigenvalue weighted by Crippen LogP contribution is -2.30. The Morgan fingerprint density at radius 1 is 0.259 bits per heavy atom. The monoisotopic (exact) mass is 1130 g/mol. The maximum atomic E-state index is 12.9. The van der Waals surface area contributed by atoms with Gasteiger partial charge in [0.05, 0.1) is 0 Å². The summed E-state index contributed by atoms with van der Waals surface area (Å²) in [6, 6.07) is 0. The van der Waals surface area contributed by atoms with E-state index < -0.39 is 6.10 Å². The molecule has 0 saturated heterocycles. The van der Waals surface area contributed by atoms with Crippen molar-refractivity contribution in [3.05, 3.63) is 72.9 Å². The molecule has 0 aliphatic heterocycles. The van der Waals surface area contributed by atoms with Gasteiger partial charge in [-0.25, -0.2) is 0 Å². The number of allylic oxidation sites excluding steroid dienone is 12. The van der Waals surface area contributed by atoms with Gasteiger partial charge in [0, 0.05) is 19.3 Å². The topological polar surface area (TPSA) is 78.9 Å². The van der Waals surface area contributed by atoms with Crippen molar-refractivity contribution in [1.82, 2.24) is 0 Å². The molecule has 0 aromatic heterocycles. The van der Waals surface area contributed by atoms with Crippen LogP contribution in [-0.4, -0.2) is 37.2 Å². The van der Waals surface area contributed by atoms with E-state index in [2.05, 4.69) is 93.7 Å². The van der Waals surface area contributed by atoms with Gasteiger partial charge in [-0.15, -0.1) is 0 Å². The van der Waals surface area contributed by atoms with Crippen LogP contribution in [0.5, 0.6) is 0 Å². The molecule has 470 valence electrons. The zero-order valence-corrected chi connectivity index (χ0v) is 54.1. The Bertz CT molecular complexity index is 1490. The molecule has 0 rings (SSSR count). The first kappa shape index (κ1) is 77.9. The number of carbonyl (C=O) groups is 3. The minimum atomic E-state index is -0.778. The van der Waals surface area contributed by atoms with Gasteiger partial charge in [0.1, 0.15) is 13.2 Å². The molecule has 0 aliphatic rings. The Hall–Kier alpha value is -3.15. The molecule has 0 amide bonds. The van der Waals surface area contributed by atoms with Crippen molar-refractivity contribution in [3.8, 4) is 0 Å². The second-order valence-corrected chi connectivity index (χ2v) is 23.8. The average molecular weight is 1130 g/mol. The highest BCUT2D eigenvalue weighted by molar-refractivity contribution is 5.71. The van der Waals surface area contributed by atoms with Crippen LogP contribution in [0.15, 0.2) is 72.9 Å². The number of unbranched alkanes of at least 4 members (excludes halogenated alkanes) is 42. The molecule has 0 saturated carbocycles. The Kier molecular flexibility index (Phi) is 66.6. The Morgan fingerprint density at radius 2 is 0.481 bits per heavy atom. The molecular weight excluding hydrogens is 997 g/mol. The maximum absolute atomic E-state index is 12.9. The van der Waals surface area contributed by atoms with E-state index in [0.29, 0.717) is 19.3 Å². The predicted molar refractivity (Wildman–Crippen MR) is 353 cm³/mol. The fourth-order valence-electron chi connectivity index (χ4n) is 10.4. The zero-order valence-electron chi connectivity index (χ0n) is 54.1. The first-order chi connectivity index (χ1) is 40.0. The Balaban J connectivity index is 4.23. The lowest BCUT2D eigenvalue weighted by atomic mass is 10.0. The number of ether oxygens (including phenoxy) is 3. The maximum Gasteiger partial charge on any atom is 0.306 e. The zero-order chi connectivity index (χ0) is 58.5. The van der Waals surface area contributed by atoms with E-state index in [9.17, 15) is 14.4 Å². The molecule has 1 unspecified atom stereocenters. The molecule has 6 heteroatoms. The summed E-state index contributed by atoms with van der Waals surface area (Å²) in [5, 5.41) is 0. The van der Waals surface area contributed by atoms with E-state index in [4.69, 9.17) is 14.2 Å². The van der Waals surface area contributed by atoms with Gasteiger partial charge in [0.15, 0.2) is 6.10 Å². The predicted octanol–water partition coefficient (Wildman–Crippen LogP) is 24.4. The summed E-state index contributed by atoms with van der Waals surface area (Å²) < 4.78 is 17.0. The van der Waals surface area contributed by atoms with Crippen LogP contribution >= 0.6 is 0 Å². The van der Waals surface area contributed by atoms with Crippen molar-refractivity contribution in [2.75, 3.05) is 13.2 Å². The fraction of sp³-hybridized carbons (Fsp3) is 0.800. The number of carbonyl (C=O) groups excluding carboxylic acids is 3. The van der Waals surface area contributed by atoms with Crippen LogP contribution < -0.4 is 0 Å². The molecule has 0 aliphatic carbocycles. The van der Waals surface area contributed by atoms with Gasteiger partial charge >= 0.3 is 17.9 Å². The Labute approximate surface area is 503 Å². The third-order valence-corrected chi connectivity index (χ3v) is 15.7. The third kappa shape index (κ3) is 67.5. The van der Waals surface area contributed by atoms with Crippen molar-refractivity contribution < 1.29 is 28.6 Å². The van der Waals surface area contributed by atoms with E-state index in [-0.39, 0.29) is 31.1 Å². The molecule has 1 atom stereocenters. The number of hydrogen-bond acceptors (Lipinski definition) is 6. The van der Waals surface area contributed by atoms with Crippen molar-refractivity contribution in [3.63, 3.8) is 0 Å². The van der Waals surface area contributed by atoms with Gasteiger partial charge < -0.3 is 14.2 Å². The Morgan fingerprint density at radius 3 is 0.778 bits per heavy atom. The van der Waals surface area contributed by atoms with Gasteiger partial charge in [0.2, 0.25) is 0 Å². The van der Waals surface area contributed by atoms with Gasteiger partial charge in [-0.2, -0.15) is 0 Å². The number of esters is 3. The summed E-state index contributed by atoms with van der Waals surface area (Å²) in [4.78, 5) is 38.4. The second kappa shape index (κ2) is 69.3. The van der Waals surface area contributed by atoms with E-state index >= 15 is 0 Å². The summed E-state index contributed by atoms with van der Waals surface area (Å²) >= 11 is 0. The summed E-state index contributed by atoms with van der Waals surface area (Å²) in [6.45, 7) is 6.56. The first-order valence-electron chi connectivity index (χ1n) is 35.4. The van der Waals surface area contributed by atoms with Crippen LogP contribution in [0.2, 0.25) is 0 Å². The van der Waals surface area contributed by atoms with Crippen molar-refractivity contribution in [1.29, 1.82) is 0 Å². The van der Waals surface area contributed by atoms with E-state index in [1.54, 1.807) is 0 Å². The average Bonchev–Trinajstić information content (AvgIpc) is 3.46. The SMILES string of the molecule is CC/C=C\C/C=C\C/C=C\C/C=C\C/C=C\CCCCCCCCCCCCCCCC(=O)OCC(COC(=O)CCCCCCC/C=C\CCCCCC)OC(=O)CCCCCCCCCCCCCCCCCCCCCCC. The van der Waals surface area contributed by atoms with Gasteiger partial charge in [0.25, 0.3) is 0 Å². The van der Waals surface area contributed by atoms with E-state index in [1.165, 1.54) is 231 Å². The highest BCUT2D eigenvalue weighted by Gasteiger charge is 2.19. The molecule has 6 nitrogen and oxygen atoms in total. The highest BCUT2D eigenvalue weighted by Crippen LogP contribution is 2.18. The number of hydrogen-bond donors (Lipinski definition) is 0.